The standard InChI is InChI=1S/C25H26N4O3/c1-16-8-9-22-20(11-16)24(30)18(15-32-22)14-29-10-4-5-17(13-29)12-26-25(31)23-19-6-2-3-7-21(19)27-28-23/h2-3,6-9,11,15,17H,4-5,10,12-14H2,1H3,(H,26,31)(H,27,28)/t17-/m1/s1. The van der Waals surface area contributed by atoms with Crippen LogP contribution in [-0.2, 0) is 6.54 Å². The van der Waals surface area contributed by atoms with Crippen LogP contribution in [0.2, 0.25) is 0 Å². The van der Waals surface area contributed by atoms with E-state index in [0.29, 0.717) is 41.2 Å². The van der Waals surface area contributed by atoms with Gasteiger partial charge in [0, 0.05) is 30.6 Å². The van der Waals surface area contributed by atoms with Gasteiger partial charge in [0.1, 0.15) is 5.58 Å². The Morgan fingerprint density at radius 3 is 3.03 bits per heavy atom. The van der Waals surface area contributed by atoms with E-state index in [9.17, 15) is 9.59 Å². The van der Waals surface area contributed by atoms with Gasteiger partial charge in [-0.2, -0.15) is 5.10 Å². The van der Waals surface area contributed by atoms with E-state index >= 15 is 0 Å². The number of fused-ring (bicyclic) bond motifs is 2. The summed E-state index contributed by atoms with van der Waals surface area (Å²) < 4.78 is 5.71. The van der Waals surface area contributed by atoms with Crippen LogP contribution >= 0.6 is 0 Å². The highest BCUT2D eigenvalue weighted by molar-refractivity contribution is 6.04. The third-order valence-electron chi connectivity index (χ3n) is 6.23. The van der Waals surface area contributed by atoms with Crippen LogP contribution in [0.4, 0.5) is 0 Å². The largest absolute Gasteiger partial charge is 0.464 e. The first-order valence-electron chi connectivity index (χ1n) is 11.0. The maximum absolute atomic E-state index is 12.9. The topological polar surface area (TPSA) is 91.2 Å². The molecule has 7 heteroatoms. The van der Waals surface area contributed by atoms with Gasteiger partial charge in [0.25, 0.3) is 5.91 Å². The van der Waals surface area contributed by atoms with Crippen LogP contribution in [-0.4, -0.2) is 40.6 Å². The molecule has 2 aromatic heterocycles. The van der Waals surface area contributed by atoms with Gasteiger partial charge in [-0.3, -0.25) is 19.6 Å². The summed E-state index contributed by atoms with van der Waals surface area (Å²) in [5.74, 6) is 0.165. The molecule has 1 aliphatic heterocycles. The van der Waals surface area contributed by atoms with Crippen molar-refractivity contribution in [1.29, 1.82) is 0 Å². The van der Waals surface area contributed by atoms with Crippen LogP contribution in [0.1, 0.15) is 34.5 Å². The van der Waals surface area contributed by atoms with E-state index in [2.05, 4.69) is 20.4 Å². The van der Waals surface area contributed by atoms with Crippen molar-refractivity contribution in [3.63, 3.8) is 0 Å². The number of carbonyl (C=O) groups is 1. The summed E-state index contributed by atoms with van der Waals surface area (Å²) in [6, 6.07) is 13.3. The molecule has 32 heavy (non-hydrogen) atoms. The first-order valence-corrected chi connectivity index (χ1v) is 11.0. The van der Waals surface area contributed by atoms with Crippen LogP contribution < -0.4 is 10.7 Å². The molecule has 0 saturated carbocycles. The first kappa shape index (κ1) is 20.5. The number of rotatable bonds is 5. The van der Waals surface area contributed by atoms with Gasteiger partial charge in [0.05, 0.1) is 17.2 Å². The number of benzene rings is 2. The highest BCUT2D eigenvalue weighted by Gasteiger charge is 2.23. The summed E-state index contributed by atoms with van der Waals surface area (Å²) >= 11 is 0. The molecule has 3 heterocycles. The number of aromatic amines is 1. The van der Waals surface area contributed by atoms with Crippen molar-refractivity contribution in [1.82, 2.24) is 20.4 Å². The van der Waals surface area contributed by atoms with E-state index in [1.165, 1.54) is 0 Å². The Labute approximate surface area is 185 Å². The van der Waals surface area contributed by atoms with Crippen LogP contribution in [0.25, 0.3) is 21.9 Å². The van der Waals surface area contributed by atoms with Gasteiger partial charge < -0.3 is 9.73 Å². The minimum atomic E-state index is -0.162. The predicted molar refractivity (Wildman–Crippen MR) is 124 cm³/mol. The summed E-state index contributed by atoms with van der Waals surface area (Å²) in [6.07, 6.45) is 3.67. The average Bonchev–Trinajstić information content (AvgIpc) is 3.24. The Bertz CT molecular complexity index is 1340. The normalized spacial score (nSPS) is 17.1. The van der Waals surface area contributed by atoms with Crippen molar-refractivity contribution < 1.29 is 9.21 Å². The van der Waals surface area contributed by atoms with Crippen LogP contribution in [0.5, 0.6) is 0 Å². The number of hydrogen-bond donors (Lipinski definition) is 2. The van der Waals surface area contributed by atoms with Crippen LogP contribution in [0, 0.1) is 12.8 Å². The van der Waals surface area contributed by atoms with Gasteiger partial charge in [-0.15, -0.1) is 0 Å². The van der Waals surface area contributed by atoms with Gasteiger partial charge >= 0.3 is 0 Å². The average molecular weight is 431 g/mol. The molecule has 0 radical (unpaired) electrons. The lowest BCUT2D eigenvalue weighted by molar-refractivity contribution is 0.0927. The smallest absolute Gasteiger partial charge is 0.272 e. The Morgan fingerprint density at radius 1 is 1.25 bits per heavy atom. The lowest BCUT2D eigenvalue weighted by Gasteiger charge is -2.32. The van der Waals surface area contributed by atoms with Crippen molar-refractivity contribution in [2.24, 2.45) is 5.92 Å². The molecule has 1 fully saturated rings. The molecule has 7 nitrogen and oxygen atoms in total. The highest BCUT2D eigenvalue weighted by atomic mass is 16.3. The van der Waals surface area contributed by atoms with E-state index in [1.54, 1.807) is 6.26 Å². The monoisotopic (exact) mass is 430 g/mol. The number of para-hydroxylation sites is 1. The maximum Gasteiger partial charge on any atom is 0.272 e. The number of hydrogen-bond acceptors (Lipinski definition) is 5. The van der Waals surface area contributed by atoms with Gasteiger partial charge in [-0.05, 0) is 50.4 Å². The molecule has 5 rings (SSSR count). The fraction of sp³-hybridized carbons (Fsp3) is 0.320. The summed E-state index contributed by atoms with van der Waals surface area (Å²) in [5.41, 5.74) is 3.66. The second-order valence-electron chi connectivity index (χ2n) is 8.66. The fourth-order valence-corrected chi connectivity index (χ4v) is 4.55. The molecular formula is C25H26N4O3. The molecule has 0 aliphatic carbocycles. The van der Waals surface area contributed by atoms with E-state index in [0.717, 1.165) is 42.4 Å². The lowest BCUT2D eigenvalue weighted by Crippen LogP contribution is -2.41. The van der Waals surface area contributed by atoms with Gasteiger partial charge in [0.15, 0.2) is 11.1 Å². The minimum Gasteiger partial charge on any atom is -0.464 e. The van der Waals surface area contributed by atoms with Crippen molar-refractivity contribution in [2.45, 2.75) is 26.3 Å². The van der Waals surface area contributed by atoms with E-state index < -0.39 is 0 Å². The fourth-order valence-electron chi connectivity index (χ4n) is 4.55. The number of nitrogens with one attached hydrogen (secondary N) is 2. The first-order chi connectivity index (χ1) is 15.6. The summed E-state index contributed by atoms with van der Waals surface area (Å²) in [6.45, 7) is 4.87. The van der Waals surface area contributed by atoms with Gasteiger partial charge in [0.2, 0.25) is 0 Å². The second kappa shape index (κ2) is 8.59. The number of aryl methyl sites for hydroxylation is 1. The SMILES string of the molecule is Cc1ccc2occ(CN3CCC[C@H](CNC(=O)c4n[nH]c5ccccc45)C3)c(=O)c2c1. The van der Waals surface area contributed by atoms with Crippen LogP contribution in [0.3, 0.4) is 0 Å². The number of amides is 1. The van der Waals surface area contributed by atoms with Crippen LogP contribution in [0.15, 0.2) is 57.9 Å². The third kappa shape index (κ3) is 4.03. The third-order valence-corrected chi connectivity index (χ3v) is 6.23. The number of aromatic nitrogens is 2. The molecule has 4 aromatic rings. The Balaban J connectivity index is 1.23. The van der Waals surface area contributed by atoms with E-state index in [-0.39, 0.29) is 11.3 Å². The lowest BCUT2D eigenvalue weighted by atomic mass is 9.97. The summed E-state index contributed by atoms with van der Waals surface area (Å²) in [7, 11) is 0. The molecule has 0 spiro atoms. The van der Waals surface area contributed by atoms with Crippen molar-refractivity contribution >= 4 is 27.8 Å². The molecule has 2 N–H and O–H groups in total. The Morgan fingerprint density at radius 2 is 2.12 bits per heavy atom. The molecule has 1 amide bonds. The van der Waals surface area contributed by atoms with Crippen molar-refractivity contribution in [2.75, 3.05) is 19.6 Å². The molecular weight excluding hydrogens is 404 g/mol. The highest BCUT2D eigenvalue weighted by Crippen LogP contribution is 2.20. The van der Waals surface area contributed by atoms with E-state index in [1.807, 2.05) is 49.4 Å². The zero-order valence-corrected chi connectivity index (χ0v) is 18.1. The molecule has 0 unspecified atom stereocenters. The number of H-pyrrole nitrogens is 1. The van der Waals surface area contributed by atoms with Gasteiger partial charge in [-0.1, -0.05) is 29.8 Å². The maximum atomic E-state index is 12.9. The molecule has 1 atom stereocenters. The van der Waals surface area contributed by atoms with Crippen molar-refractivity contribution in [3.05, 3.63) is 75.8 Å². The molecule has 1 saturated heterocycles. The zero-order valence-electron chi connectivity index (χ0n) is 18.1. The summed E-state index contributed by atoms with van der Waals surface area (Å²) in [4.78, 5) is 27.9. The quantitative estimate of drug-likeness (QED) is 0.505. The molecule has 2 aromatic carbocycles. The number of piperidine rings is 1. The number of likely N-dealkylation sites (tertiary alicyclic amines) is 1. The van der Waals surface area contributed by atoms with Crippen molar-refractivity contribution in [3.8, 4) is 0 Å². The number of carbonyl (C=O) groups excluding carboxylic acids is 1. The second-order valence-corrected chi connectivity index (χ2v) is 8.66. The zero-order chi connectivity index (χ0) is 22.1. The molecule has 164 valence electrons. The Hall–Kier alpha value is -3.45. The van der Waals surface area contributed by atoms with E-state index in [4.69, 9.17) is 4.42 Å². The summed E-state index contributed by atoms with van der Waals surface area (Å²) in [5, 5.41) is 11.6. The number of nitrogens with zero attached hydrogens (tertiary/aromatic N) is 2. The van der Waals surface area contributed by atoms with Gasteiger partial charge in [-0.25, -0.2) is 0 Å². The minimum absolute atomic E-state index is 0.0378. The Kier molecular flexibility index (Phi) is 5.49. The predicted octanol–water partition coefficient (Wildman–Crippen LogP) is 3.62. The molecule has 1 aliphatic rings. The molecule has 0 bridgehead atoms.